The van der Waals surface area contributed by atoms with Gasteiger partial charge in [-0.3, -0.25) is 0 Å². The summed E-state index contributed by atoms with van der Waals surface area (Å²) in [6, 6.07) is 1.69. The Bertz CT molecular complexity index is 252. The van der Waals surface area contributed by atoms with E-state index in [-0.39, 0.29) is 0 Å². The highest BCUT2D eigenvalue weighted by molar-refractivity contribution is 4.98. The molecule has 3 atom stereocenters. The highest BCUT2D eigenvalue weighted by Crippen LogP contribution is 2.33. The maximum atomic E-state index is 3.77. The Morgan fingerprint density at radius 3 is 2.16 bits per heavy atom. The largest absolute Gasteiger partial charge is 0.311 e. The van der Waals surface area contributed by atoms with E-state index in [0.29, 0.717) is 0 Å². The summed E-state index contributed by atoms with van der Waals surface area (Å²) in [4.78, 5) is 5.21. The quantitative estimate of drug-likeness (QED) is 0.691. The molecule has 0 amide bonds. The van der Waals surface area contributed by atoms with Crippen LogP contribution in [0.3, 0.4) is 0 Å². The molecule has 112 valence electrons. The van der Waals surface area contributed by atoms with Crippen LogP contribution >= 0.6 is 0 Å². The third kappa shape index (κ3) is 4.17. The van der Waals surface area contributed by atoms with Crippen molar-refractivity contribution in [1.29, 1.82) is 0 Å². The molecule has 19 heavy (non-hydrogen) atoms. The summed E-state index contributed by atoms with van der Waals surface area (Å²) < 4.78 is 0. The van der Waals surface area contributed by atoms with Crippen LogP contribution in [0.15, 0.2) is 0 Å². The van der Waals surface area contributed by atoms with Gasteiger partial charge < -0.3 is 15.1 Å². The monoisotopic (exact) mass is 267 g/mol. The number of nitrogens with one attached hydrogen (secondary N) is 1. The minimum atomic E-state index is 0.835. The van der Waals surface area contributed by atoms with Crippen molar-refractivity contribution in [1.82, 2.24) is 15.1 Å². The van der Waals surface area contributed by atoms with Gasteiger partial charge in [0.1, 0.15) is 0 Å². The average molecular weight is 267 g/mol. The van der Waals surface area contributed by atoms with E-state index >= 15 is 0 Å². The summed E-state index contributed by atoms with van der Waals surface area (Å²) in [7, 11) is 0. The zero-order valence-electron chi connectivity index (χ0n) is 13.2. The van der Waals surface area contributed by atoms with E-state index in [1.165, 1.54) is 65.0 Å². The normalized spacial score (nSPS) is 29.8. The first kappa shape index (κ1) is 15.3. The first-order valence-electron chi connectivity index (χ1n) is 8.47. The van der Waals surface area contributed by atoms with E-state index in [2.05, 4.69) is 35.9 Å². The van der Waals surface area contributed by atoms with Crippen LogP contribution in [-0.2, 0) is 0 Å². The second kappa shape index (κ2) is 7.61. The Labute approximate surface area is 119 Å². The van der Waals surface area contributed by atoms with Crippen LogP contribution < -0.4 is 5.32 Å². The predicted molar refractivity (Wildman–Crippen MR) is 82.6 cm³/mol. The van der Waals surface area contributed by atoms with Crippen LogP contribution in [0.5, 0.6) is 0 Å². The minimum Gasteiger partial charge on any atom is -0.311 e. The van der Waals surface area contributed by atoms with Crippen LogP contribution in [0, 0.1) is 5.92 Å². The standard InChI is InChI=1S/C16H33N3/c1-4-18(5-2)10-7-11-19(6-3)13-14-12-15-8-9-16(14)17-15/h14-17H,4-13H2,1-3H3. The molecule has 3 nitrogen and oxygen atoms in total. The molecule has 0 saturated carbocycles. The van der Waals surface area contributed by atoms with Gasteiger partial charge in [-0.2, -0.15) is 0 Å². The molecule has 1 N–H and O–H groups in total. The van der Waals surface area contributed by atoms with Crippen LogP contribution in [0.1, 0.15) is 46.5 Å². The van der Waals surface area contributed by atoms with Crippen LogP contribution in [0.2, 0.25) is 0 Å². The Hall–Kier alpha value is -0.120. The van der Waals surface area contributed by atoms with Crippen molar-refractivity contribution in [3.8, 4) is 0 Å². The number of hydrogen-bond donors (Lipinski definition) is 1. The van der Waals surface area contributed by atoms with Crippen molar-refractivity contribution in [2.24, 2.45) is 5.92 Å². The molecule has 2 fully saturated rings. The highest BCUT2D eigenvalue weighted by atomic mass is 15.2. The van der Waals surface area contributed by atoms with Gasteiger partial charge in [-0.05, 0) is 64.3 Å². The molecular formula is C16H33N3. The van der Waals surface area contributed by atoms with E-state index < -0.39 is 0 Å². The zero-order valence-corrected chi connectivity index (χ0v) is 13.2. The van der Waals surface area contributed by atoms with E-state index in [1.54, 1.807) is 0 Å². The number of nitrogens with zero attached hydrogens (tertiary/aromatic N) is 2. The Morgan fingerprint density at radius 2 is 1.63 bits per heavy atom. The van der Waals surface area contributed by atoms with E-state index in [0.717, 1.165) is 18.0 Å². The fraction of sp³-hybridized carbons (Fsp3) is 1.00. The van der Waals surface area contributed by atoms with Crippen molar-refractivity contribution < 1.29 is 0 Å². The fourth-order valence-corrected chi connectivity index (χ4v) is 3.91. The van der Waals surface area contributed by atoms with Gasteiger partial charge >= 0.3 is 0 Å². The summed E-state index contributed by atoms with van der Waals surface area (Å²) in [5, 5.41) is 3.77. The Morgan fingerprint density at radius 1 is 0.947 bits per heavy atom. The second-order valence-electron chi connectivity index (χ2n) is 6.32. The Kier molecular flexibility index (Phi) is 6.11. The first-order valence-corrected chi connectivity index (χ1v) is 8.47. The van der Waals surface area contributed by atoms with Crippen molar-refractivity contribution in [2.75, 3.05) is 39.3 Å². The molecule has 2 saturated heterocycles. The van der Waals surface area contributed by atoms with Crippen molar-refractivity contribution >= 4 is 0 Å². The zero-order chi connectivity index (χ0) is 13.7. The van der Waals surface area contributed by atoms with Gasteiger partial charge in [0.05, 0.1) is 0 Å². The highest BCUT2D eigenvalue weighted by Gasteiger charge is 2.39. The second-order valence-corrected chi connectivity index (χ2v) is 6.32. The number of hydrogen-bond acceptors (Lipinski definition) is 3. The third-order valence-corrected chi connectivity index (χ3v) is 5.22. The predicted octanol–water partition coefficient (Wildman–Crippen LogP) is 2.18. The molecule has 0 spiro atoms. The van der Waals surface area contributed by atoms with E-state index in [1.807, 2.05) is 0 Å². The van der Waals surface area contributed by atoms with Gasteiger partial charge in [0.2, 0.25) is 0 Å². The SMILES string of the molecule is CCN(CC)CCCN(CC)CC1CC2CCC1N2. The van der Waals surface area contributed by atoms with Gasteiger partial charge in [0, 0.05) is 18.6 Å². The topological polar surface area (TPSA) is 18.5 Å². The molecule has 0 aromatic heterocycles. The maximum Gasteiger partial charge on any atom is 0.0111 e. The van der Waals surface area contributed by atoms with Gasteiger partial charge in [-0.15, -0.1) is 0 Å². The molecule has 0 aliphatic carbocycles. The van der Waals surface area contributed by atoms with Crippen LogP contribution in [0.25, 0.3) is 0 Å². The Balaban J connectivity index is 1.66. The molecule has 0 aromatic carbocycles. The lowest BCUT2D eigenvalue weighted by Gasteiger charge is -2.29. The smallest absolute Gasteiger partial charge is 0.0111 e. The molecule has 2 aliphatic rings. The summed E-state index contributed by atoms with van der Waals surface area (Å²) >= 11 is 0. The summed E-state index contributed by atoms with van der Waals surface area (Å²) in [6.07, 6.45) is 5.60. The minimum absolute atomic E-state index is 0.835. The lowest BCUT2D eigenvalue weighted by Crippen LogP contribution is -2.37. The average Bonchev–Trinajstić information content (AvgIpc) is 3.04. The summed E-state index contributed by atoms with van der Waals surface area (Å²) in [5.74, 6) is 0.923. The molecule has 3 unspecified atom stereocenters. The van der Waals surface area contributed by atoms with Gasteiger partial charge in [-0.25, -0.2) is 0 Å². The van der Waals surface area contributed by atoms with Gasteiger partial charge in [0.25, 0.3) is 0 Å². The molecule has 2 rings (SSSR count). The lowest BCUT2D eigenvalue weighted by molar-refractivity contribution is 0.202. The number of fused-ring (bicyclic) bond motifs is 2. The van der Waals surface area contributed by atoms with E-state index in [4.69, 9.17) is 0 Å². The molecule has 2 heterocycles. The first-order chi connectivity index (χ1) is 9.26. The van der Waals surface area contributed by atoms with Crippen LogP contribution in [-0.4, -0.2) is 61.2 Å². The third-order valence-electron chi connectivity index (χ3n) is 5.22. The molecule has 2 bridgehead atoms. The molecule has 2 aliphatic heterocycles. The van der Waals surface area contributed by atoms with Gasteiger partial charge in [0.15, 0.2) is 0 Å². The lowest BCUT2D eigenvalue weighted by atomic mass is 9.89. The molecule has 0 aromatic rings. The maximum absolute atomic E-state index is 3.77. The summed E-state index contributed by atoms with van der Waals surface area (Å²) in [6.45, 7) is 14.3. The van der Waals surface area contributed by atoms with Gasteiger partial charge in [-0.1, -0.05) is 20.8 Å². The fourth-order valence-electron chi connectivity index (χ4n) is 3.91. The van der Waals surface area contributed by atoms with E-state index in [9.17, 15) is 0 Å². The van der Waals surface area contributed by atoms with Crippen molar-refractivity contribution in [3.05, 3.63) is 0 Å². The number of rotatable bonds is 9. The van der Waals surface area contributed by atoms with Crippen LogP contribution in [0.4, 0.5) is 0 Å². The molecule has 0 radical (unpaired) electrons. The summed E-state index contributed by atoms with van der Waals surface area (Å²) in [5.41, 5.74) is 0. The molecular weight excluding hydrogens is 234 g/mol. The van der Waals surface area contributed by atoms with Crippen molar-refractivity contribution in [2.45, 2.75) is 58.5 Å². The molecule has 3 heteroatoms. The van der Waals surface area contributed by atoms with Crippen molar-refractivity contribution in [3.63, 3.8) is 0 Å².